The molecule has 0 saturated heterocycles. The standard InChI is InChI=1S/C15H9Cl2N3O/c16-12-8-13(20-15(17)18-12)19-14(21)11-6-5-9-3-1-2-4-10(9)7-11/h1-8H,(H,18,19,20,21). The smallest absolute Gasteiger partial charge is 0.256 e. The van der Waals surface area contributed by atoms with Gasteiger partial charge in [0, 0.05) is 11.6 Å². The topological polar surface area (TPSA) is 54.9 Å². The molecule has 0 aliphatic carbocycles. The summed E-state index contributed by atoms with van der Waals surface area (Å²) in [6.07, 6.45) is 0. The van der Waals surface area contributed by atoms with Crippen molar-refractivity contribution in [2.75, 3.05) is 5.32 Å². The molecule has 0 saturated carbocycles. The summed E-state index contributed by atoms with van der Waals surface area (Å²) < 4.78 is 0. The minimum absolute atomic E-state index is 0.0173. The number of halogens is 2. The number of anilines is 1. The molecule has 3 rings (SSSR count). The second-order valence-electron chi connectivity index (χ2n) is 4.36. The summed E-state index contributed by atoms with van der Waals surface area (Å²) >= 11 is 11.5. The van der Waals surface area contributed by atoms with Gasteiger partial charge in [-0.25, -0.2) is 9.97 Å². The summed E-state index contributed by atoms with van der Waals surface area (Å²) in [6, 6.07) is 14.7. The molecule has 0 radical (unpaired) electrons. The van der Waals surface area contributed by atoms with Gasteiger partial charge < -0.3 is 5.32 Å². The van der Waals surface area contributed by atoms with Crippen molar-refractivity contribution < 1.29 is 4.79 Å². The molecule has 2 aromatic carbocycles. The van der Waals surface area contributed by atoms with Crippen molar-refractivity contribution in [2.24, 2.45) is 0 Å². The van der Waals surface area contributed by atoms with Gasteiger partial charge in [0.25, 0.3) is 5.91 Å². The van der Waals surface area contributed by atoms with Crippen LogP contribution < -0.4 is 5.32 Å². The second kappa shape index (κ2) is 5.68. The van der Waals surface area contributed by atoms with Crippen LogP contribution in [0.1, 0.15) is 10.4 Å². The Kier molecular flexibility index (Phi) is 3.73. The summed E-state index contributed by atoms with van der Waals surface area (Å²) in [5.41, 5.74) is 0.527. The van der Waals surface area contributed by atoms with Gasteiger partial charge in [-0.05, 0) is 34.5 Å². The fraction of sp³-hybridized carbons (Fsp3) is 0. The zero-order valence-electron chi connectivity index (χ0n) is 10.7. The van der Waals surface area contributed by atoms with Gasteiger partial charge in [-0.1, -0.05) is 41.9 Å². The first-order chi connectivity index (χ1) is 10.1. The number of fused-ring (bicyclic) bond motifs is 1. The van der Waals surface area contributed by atoms with E-state index in [2.05, 4.69) is 15.3 Å². The number of carbonyl (C=O) groups excluding carboxylic acids is 1. The first-order valence-corrected chi connectivity index (χ1v) is 6.88. The molecule has 3 aromatic rings. The van der Waals surface area contributed by atoms with E-state index >= 15 is 0 Å². The Hall–Kier alpha value is -2.17. The van der Waals surface area contributed by atoms with Crippen LogP contribution in [0, 0.1) is 0 Å². The third kappa shape index (κ3) is 3.12. The first-order valence-electron chi connectivity index (χ1n) is 6.12. The molecule has 0 fully saturated rings. The van der Waals surface area contributed by atoms with Gasteiger partial charge in [0.1, 0.15) is 11.0 Å². The van der Waals surface area contributed by atoms with E-state index in [-0.39, 0.29) is 22.2 Å². The predicted octanol–water partition coefficient (Wildman–Crippen LogP) is 4.19. The lowest BCUT2D eigenvalue weighted by Gasteiger charge is -2.06. The molecule has 0 atom stereocenters. The molecule has 1 N–H and O–H groups in total. The van der Waals surface area contributed by atoms with Crippen molar-refractivity contribution in [3.05, 3.63) is 64.5 Å². The Morgan fingerprint density at radius 1 is 0.952 bits per heavy atom. The Balaban J connectivity index is 1.89. The molecule has 1 amide bonds. The van der Waals surface area contributed by atoms with E-state index in [1.165, 1.54) is 6.07 Å². The second-order valence-corrected chi connectivity index (χ2v) is 5.09. The third-order valence-electron chi connectivity index (χ3n) is 2.92. The molecule has 4 nitrogen and oxygen atoms in total. The fourth-order valence-corrected chi connectivity index (χ4v) is 2.38. The molecule has 0 bridgehead atoms. The summed E-state index contributed by atoms with van der Waals surface area (Å²) in [4.78, 5) is 19.8. The van der Waals surface area contributed by atoms with Crippen LogP contribution in [0.3, 0.4) is 0 Å². The van der Waals surface area contributed by atoms with E-state index in [0.29, 0.717) is 5.56 Å². The molecule has 1 aromatic heterocycles. The molecule has 0 unspecified atom stereocenters. The van der Waals surface area contributed by atoms with Crippen LogP contribution in [-0.4, -0.2) is 15.9 Å². The average molecular weight is 318 g/mol. The van der Waals surface area contributed by atoms with E-state index in [1.807, 2.05) is 36.4 Å². The monoisotopic (exact) mass is 317 g/mol. The van der Waals surface area contributed by atoms with Crippen molar-refractivity contribution in [3.63, 3.8) is 0 Å². The van der Waals surface area contributed by atoms with Crippen molar-refractivity contribution in [1.82, 2.24) is 9.97 Å². The quantitative estimate of drug-likeness (QED) is 0.569. The highest BCUT2D eigenvalue weighted by atomic mass is 35.5. The number of aromatic nitrogens is 2. The lowest BCUT2D eigenvalue weighted by Crippen LogP contribution is -2.13. The summed E-state index contributed by atoms with van der Waals surface area (Å²) in [5.74, 6) is -0.0234. The van der Waals surface area contributed by atoms with Gasteiger partial charge in [-0.3, -0.25) is 4.79 Å². The van der Waals surface area contributed by atoms with Gasteiger partial charge in [-0.2, -0.15) is 0 Å². The van der Waals surface area contributed by atoms with Crippen LogP contribution in [0.5, 0.6) is 0 Å². The van der Waals surface area contributed by atoms with Gasteiger partial charge >= 0.3 is 0 Å². The first kappa shape index (κ1) is 13.8. The van der Waals surface area contributed by atoms with Gasteiger partial charge in [-0.15, -0.1) is 0 Å². The molecule has 0 spiro atoms. The molecular formula is C15H9Cl2N3O. The predicted molar refractivity (Wildman–Crippen MR) is 84.0 cm³/mol. The maximum Gasteiger partial charge on any atom is 0.256 e. The maximum absolute atomic E-state index is 12.2. The molecule has 6 heteroatoms. The number of benzene rings is 2. The number of hydrogen-bond acceptors (Lipinski definition) is 3. The van der Waals surface area contributed by atoms with Crippen LogP contribution >= 0.6 is 23.2 Å². The number of hydrogen-bond donors (Lipinski definition) is 1. The fourth-order valence-electron chi connectivity index (χ4n) is 1.97. The van der Waals surface area contributed by atoms with E-state index in [0.717, 1.165) is 10.8 Å². The van der Waals surface area contributed by atoms with Crippen molar-refractivity contribution in [1.29, 1.82) is 0 Å². The third-order valence-corrected chi connectivity index (χ3v) is 3.28. The molecule has 0 aliphatic rings. The van der Waals surface area contributed by atoms with Crippen molar-refractivity contribution in [3.8, 4) is 0 Å². The zero-order valence-corrected chi connectivity index (χ0v) is 12.2. The highest BCUT2D eigenvalue weighted by molar-refractivity contribution is 6.32. The highest BCUT2D eigenvalue weighted by Crippen LogP contribution is 2.18. The van der Waals surface area contributed by atoms with Crippen LogP contribution in [0.15, 0.2) is 48.5 Å². The summed E-state index contributed by atoms with van der Waals surface area (Å²) in [7, 11) is 0. The maximum atomic E-state index is 12.2. The summed E-state index contributed by atoms with van der Waals surface area (Å²) in [5, 5.41) is 4.86. The SMILES string of the molecule is O=C(Nc1cc(Cl)nc(Cl)n1)c1ccc2ccccc2c1. The van der Waals surface area contributed by atoms with Crippen LogP contribution in [-0.2, 0) is 0 Å². The number of nitrogens with zero attached hydrogens (tertiary/aromatic N) is 2. The molecule has 104 valence electrons. The minimum Gasteiger partial charge on any atom is -0.306 e. The average Bonchev–Trinajstić information content (AvgIpc) is 2.45. The Labute approximate surface area is 130 Å². The molecular weight excluding hydrogens is 309 g/mol. The van der Waals surface area contributed by atoms with Crippen molar-refractivity contribution in [2.45, 2.75) is 0 Å². The minimum atomic E-state index is -0.286. The van der Waals surface area contributed by atoms with Crippen LogP contribution in [0.2, 0.25) is 10.4 Å². The number of carbonyl (C=O) groups is 1. The molecule has 21 heavy (non-hydrogen) atoms. The van der Waals surface area contributed by atoms with Crippen LogP contribution in [0.4, 0.5) is 5.82 Å². The van der Waals surface area contributed by atoms with Crippen LogP contribution in [0.25, 0.3) is 10.8 Å². The summed E-state index contributed by atoms with van der Waals surface area (Å²) in [6.45, 7) is 0. The number of amides is 1. The van der Waals surface area contributed by atoms with Crippen molar-refractivity contribution >= 4 is 45.7 Å². The van der Waals surface area contributed by atoms with Gasteiger partial charge in [0.15, 0.2) is 0 Å². The highest BCUT2D eigenvalue weighted by Gasteiger charge is 2.09. The lowest BCUT2D eigenvalue weighted by molar-refractivity contribution is 0.102. The van der Waals surface area contributed by atoms with E-state index in [4.69, 9.17) is 23.2 Å². The van der Waals surface area contributed by atoms with E-state index in [9.17, 15) is 4.79 Å². The Bertz CT molecular complexity index is 816. The van der Waals surface area contributed by atoms with E-state index in [1.54, 1.807) is 6.07 Å². The number of nitrogens with one attached hydrogen (secondary N) is 1. The zero-order chi connectivity index (χ0) is 14.8. The largest absolute Gasteiger partial charge is 0.306 e. The molecule has 1 heterocycles. The number of rotatable bonds is 2. The lowest BCUT2D eigenvalue weighted by atomic mass is 10.1. The van der Waals surface area contributed by atoms with E-state index < -0.39 is 0 Å². The van der Waals surface area contributed by atoms with Gasteiger partial charge in [0.2, 0.25) is 5.28 Å². The van der Waals surface area contributed by atoms with Gasteiger partial charge in [0.05, 0.1) is 0 Å². The normalized spacial score (nSPS) is 10.6. The Morgan fingerprint density at radius 2 is 1.71 bits per heavy atom. The Morgan fingerprint density at radius 3 is 2.48 bits per heavy atom. The molecule has 0 aliphatic heterocycles.